The molecule has 0 saturated carbocycles. The topological polar surface area (TPSA) is 64.9 Å². The first-order valence-corrected chi connectivity index (χ1v) is 6.39. The van der Waals surface area contributed by atoms with E-state index in [0.29, 0.717) is 5.82 Å². The second-order valence-electron chi connectivity index (χ2n) is 3.62. The molecule has 0 aromatic carbocycles. The number of aryl methyl sites for hydroxylation is 1. The Morgan fingerprint density at radius 3 is 3.00 bits per heavy atom. The zero-order valence-corrected chi connectivity index (χ0v) is 9.87. The summed E-state index contributed by atoms with van der Waals surface area (Å²) in [7, 11) is 0. The molecule has 0 fully saturated rings. The summed E-state index contributed by atoms with van der Waals surface area (Å²) in [6.45, 7) is 0.754. The maximum absolute atomic E-state index is 5.43. The Kier molecular flexibility index (Phi) is 4.07. The first-order chi connectivity index (χ1) is 7.90. The van der Waals surface area contributed by atoms with Crippen LogP contribution in [0.1, 0.15) is 25.2 Å². The van der Waals surface area contributed by atoms with Gasteiger partial charge in [0.15, 0.2) is 0 Å². The maximum atomic E-state index is 5.43. The van der Waals surface area contributed by atoms with E-state index in [1.165, 1.54) is 0 Å². The zero-order valence-electron chi connectivity index (χ0n) is 9.06. The molecule has 5 heteroatoms. The normalized spacial score (nSPS) is 10.8. The largest absolute Gasteiger partial charge is 0.339 e. The molecule has 0 bridgehead atoms. The molecule has 0 unspecified atom stereocenters. The van der Waals surface area contributed by atoms with Crippen molar-refractivity contribution in [3.63, 3.8) is 0 Å². The molecular formula is C11H15N3OS. The van der Waals surface area contributed by atoms with Crippen LogP contribution in [0.15, 0.2) is 21.3 Å². The van der Waals surface area contributed by atoms with Gasteiger partial charge >= 0.3 is 0 Å². The van der Waals surface area contributed by atoms with Crippen LogP contribution in [0.25, 0.3) is 11.4 Å². The zero-order chi connectivity index (χ0) is 11.2. The Bertz CT molecular complexity index is 411. The van der Waals surface area contributed by atoms with Crippen molar-refractivity contribution in [1.29, 1.82) is 0 Å². The van der Waals surface area contributed by atoms with Crippen molar-refractivity contribution >= 4 is 11.3 Å². The van der Waals surface area contributed by atoms with Gasteiger partial charge in [-0.05, 0) is 30.8 Å². The molecule has 86 valence electrons. The quantitative estimate of drug-likeness (QED) is 0.784. The van der Waals surface area contributed by atoms with E-state index in [1.807, 2.05) is 16.8 Å². The van der Waals surface area contributed by atoms with Crippen molar-refractivity contribution in [1.82, 2.24) is 10.1 Å². The summed E-state index contributed by atoms with van der Waals surface area (Å²) in [5, 5.41) is 7.98. The summed E-state index contributed by atoms with van der Waals surface area (Å²) in [6.07, 6.45) is 4.08. The molecule has 0 radical (unpaired) electrons. The first kappa shape index (κ1) is 11.3. The van der Waals surface area contributed by atoms with Crippen LogP contribution in [0.2, 0.25) is 0 Å². The van der Waals surface area contributed by atoms with Gasteiger partial charge in [-0.1, -0.05) is 11.6 Å². The van der Waals surface area contributed by atoms with Crippen molar-refractivity contribution in [3.8, 4) is 11.4 Å². The Labute approximate surface area is 98.5 Å². The van der Waals surface area contributed by atoms with Crippen LogP contribution >= 0.6 is 11.3 Å². The molecule has 4 nitrogen and oxygen atoms in total. The van der Waals surface area contributed by atoms with Crippen LogP contribution in [-0.4, -0.2) is 16.7 Å². The lowest BCUT2D eigenvalue weighted by Gasteiger charge is -1.93. The van der Waals surface area contributed by atoms with Gasteiger partial charge in [-0.2, -0.15) is 16.3 Å². The number of hydrogen-bond donors (Lipinski definition) is 1. The average Bonchev–Trinajstić information content (AvgIpc) is 2.94. The van der Waals surface area contributed by atoms with Gasteiger partial charge in [0.25, 0.3) is 0 Å². The van der Waals surface area contributed by atoms with E-state index in [2.05, 4.69) is 10.1 Å². The Hall–Kier alpha value is -1.20. The molecule has 0 spiro atoms. The molecule has 0 atom stereocenters. The standard InChI is InChI=1S/C11H15N3OS/c12-6-3-1-2-4-10-13-11(14-15-10)9-5-7-16-8-9/h5,7-8H,1-4,6,12H2. The third-order valence-electron chi connectivity index (χ3n) is 2.34. The molecule has 0 saturated heterocycles. The summed E-state index contributed by atoms with van der Waals surface area (Å²) < 4.78 is 5.18. The smallest absolute Gasteiger partial charge is 0.226 e. The number of nitrogens with zero attached hydrogens (tertiary/aromatic N) is 2. The highest BCUT2D eigenvalue weighted by Crippen LogP contribution is 2.19. The molecule has 2 heterocycles. The summed E-state index contributed by atoms with van der Waals surface area (Å²) >= 11 is 1.63. The second kappa shape index (κ2) is 5.77. The van der Waals surface area contributed by atoms with Gasteiger partial charge in [-0.25, -0.2) is 0 Å². The van der Waals surface area contributed by atoms with Gasteiger partial charge in [-0.15, -0.1) is 0 Å². The number of nitrogens with two attached hydrogens (primary N) is 1. The van der Waals surface area contributed by atoms with Crippen LogP contribution in [0.5, 0.6) is 0 Å². The van der Waals surface area contributed by atoms with Gasteiger partial charge in [0.05, 0.1) is 0 Å². The fraction of sp³-hybridized carbons (Fsp3) is 0.455. The van der Waals surface area contributed by atoms with Gasteiger partial charge < -0.3 is 10.3 Å². The van der Waals surface area contributed by atoms with Crippen LogP contribution in [0.3, 0.4) is 0 Å². The van der Waals surface area contributed by atoms with Crippen molar-refractivity contribution < 1.29 is 4.52 Å². The van der Waals surface area contributed by atoms with E-state index in [0.717, 1.165) is 43.7 Å². The lowest BCUT2D eigenvalue weighted by atomic mass is 10.2. The Balaban J connectivity index is 1.88. The molecule has 2 aromatic rings. The van der Waals surface area contributed by atoms with Crippen LogP contribution in [0.4, 0.5) is 0 Å². The van der Waals surface area contributed by atoms with Gasteiger partial charge in [0, 0.05) is 17.4 Å². The molecule has 16 heavy (non-hydrogen) atoms. The van der Waals surface area contributed by atoms with Crippen molar-refractivity contribution in [2.45, 2.75) is 25.7 Å². The third kappa shape index (κ3) is 2.90. The van der Waals surface area contributed by atoms with Crippen LogP contribution < -0.4 is 5.73 Å². The number of thiophene rings is 1. The molecule has 0 aliphatic carbocycles. The minimum absolute atomic E-state index is 0.690. The predicted octanol–water partition coefficient (Wildman–Crippen LogP) is 2.47. The monoisotopic (exact) mass is 237 g/mol. The third-order valence-corrected chi connectivity index (χ3v) is 3.03. The van der Waals surface area contributed by atoms with Gasteiger partial charge in [0.2, 0.25) is 11.7 Å². The molecule has 0 aliphatic rings. The summed E-state index contributed by atoms with van der Waals surface area (Å²) in [5.41, 5.74) is 6.46. The van der Waals surface area contributed by atoms with Crippen LogP contribution in [-0.2, 0) is 6.42 Å². The SMILES string of the molecule is NCCCCCc1nc(-c2ccsc2)no1. The summed E-state index contributed by atoms with van der Waals surface area (Å²) in [4.78, 5) is 4.35. The number of aromatic nitrogens is 2. The summed E-state index contributed by atoms with van der Waals surface area (Å²) in [5.74, 6) is 1.41. The minimum Gasteiger partial charge on any atom is -0.339 e. The van der Waals surface area contributed by atoms with Crippen molar-refractivity contribution in [2.75, 3.05) is 6.54 Å². The number of unbranched alkanes of at least 4 members (excludes halogenated alkanes) is 2. The molecule has 2 aromatic heterocycles. The molecule has 0 amide bonds. The minimum atomic E-state index is 0.690. The number of hydrogen-bond acceptors (Lipinski definition) is 5. The van der Waals surface area contributed by atoms with Crippen LogP contribution in [0, 0.1) is 0 Å². The molecule has 0 aliphatic heterocycles. The van der Waals surface area contributed by atoms with Gasteiger partial charge in [0.1, 0.15) is 0 Å². The Morgan fingerprint density at radius 2 is 2.25 bits per heavy atom. The van der Waals surface area contributed by atoms with E-state index in [4.69, 9.17) is 10.3 Å². The fourth-order valence-corrected chi connectivity index (χ4v) is 2.10. The Morgan fingerprint density at radius 1 is 1.31 bits per heavy atom. The highest BCUT2D eigenvalue weighted by atomic mass is 32.1. The van der Waals surface area contributed by atoms with E-state index in [1.54, 1.807) is 11.3 Å². The van der Waals surface area contributed by atoms with E-state index >= 15 is 0 Å². The van der Waals surface area contributed by atoms with E-state index in [9.17, 15) is 0 Å². The second-order valence-corrected chi connectivity index (χ2v) is 4.40. The van der Waals surface area contributed by atoms with E-state index < -0.39 is 0 Å². The molecular weight excluding hydrogens is 222 g/mol. The average molecular weight is 237 g/mol. The van der Waals surface area contributed by atoms with Crippen molar-refractivity contribution in [2.24, 2.45) is 5.73 Å². The lowest BCUT2D eigenvalue weighted by Crippen LogP contribution is -1.98. The number of rotatable bonds is 6. The predicted molar refractivity (Wildman–Crippen MR) is 64.2 cm³/mol. The summed E-state index contributed by atoms with van der Waals surface area (Å²) in [6, 6.07) is 1.99. The first-order valence-electron chi connectivity index (χ1n) is 5.45. The molecule has 2 rings (SSSR count). The van der Waals surface area contributed by atoms with E-state index in [-0.39, 0.29) is 0 Å². The highest BCUT2D eigenvalue weighted by Gasteiger charge is 2.07. The van der Waals surface area contributed by atoms with Gasteiger partial charge in [-0.3, -0.25) is 0 Å². The van der Waals surface area contributed by atoms with Crippen molar-refractivity contribution in [3.05, 3.63) is 22.7 Å². The highest BCUT2D eigenvalue weighted by molar-refractivity contribution is 7.08. The lowest BCUT2D eigenvalue weighted by molar-refractivity contribution is 0.374. The fourth-order valence-electron chi connectivity index (χ4n) is 1.46. The molecule has 2 N–H and O–H groups in total. The maximum Gasteiger partial charge on any atom is 0.226 e.